The number of benzene rings is 1. The van der Waals surface area contributed by atoms with Crippen molar-refractivity contribution in [3.63, 3.8) is 0 Å². The highest BCUT2D eigenvalue weighted by molar-refractivity contribution is 6.30. The molecule has 0 bridgehead atoms. The summed E-state index contributed by atoms with van der Waals surface area (Å²) in [6, 6.07) is 4.21. The van der Waals surface area contributed by atoms with Gasteiger partial charge in [0, 0.05) is 23.2 Å². The van der Waals surface area contributed by atoms with Gasteiger partial charge in [-0.1, -0.05) is 30.9 Å². The number of amides is 1. The van der Waals surface area contributed by atoms with E-state index in [1.807, 2.05) is 0 Å². The number of aliphatic hydroxyl groups excluding tert-OH is 1. The highest BCUT2D eigenvalue weighted by Crippen LogP contribution is 2.32. The van der Waals surface area contributed by atoms with Gasteiger partial charge in [-0.05, 0) is 31.0 Å². The molecule has 2 aliphatic rings. The SMILES string of the molecule is NC1C(C(=O)O)OC(n2cnc3c(NCc4cc(Cl)ccc4OCC(=O)NC4CCCCC4)ncnc32)C1O. The maximum atomic E-state index is 12.4. The van der Waals surface area contributed by atoms with Crippen molar-refractivity contribution in [3.8, 4) is 5.75 Å². The van der Waals surface area contributed by atoms with Crippen LogP contribution >= 0.6 is 11.6 Å². The second kappa shape index (κ2) is 11.7. The summed E-state index contributed by atoms with van der Waals surface area (Å²) >= 11 is 6.23. The quantitative estimate of drug-likeness (QED) is 0.256. The first kappa shape index (κ1) is 27.1. The van der Waals surface area contributed by atoms with E-state index < -0.39 is 30.4 Å². The summed E-state index contributed by atoms with van der Waals surface area (Å²) in [5.74, 6) is -0.555. The number of hydrogen-bond acceptors (Lipinski definition) is 10. The van der Waals surface area contributed by atoms with E-state index in [1.54, 1.807) is 18.2 Å². The molecular formula is C25H30ClN7O6. The van der Waals surface area contributed by atoms with Crippen LogP contribution in [0.5, 0.6) is 5.75 Å². The molecule has 1 saturated heterocycles. The molecule has 4 unspecified atom stereocenters. The molecule has 1 saturated carbocycles. The largest absolute Gasteiger partial charge is 0.483 e. The number of anilines is 1. The molecule has 13 nitrogen and oxygen atoms in total. The number of rotatable bonds is 9. The van der Waals surface area contributed by atoms with E-state index in [9.17, 15) is 19.8 Å². The van der Waals surface area contributed by atoms with Gasteiger partial charge >= 0.3 is 5.97 Å². The summed E-state index contributed by atoms with van der Waals surface area (Å²) in [5, 5.41) is 26.5. The number of carboxylic acids is 1. The Labute approximate surface area is 228 Å². The smallest absolute Gasteiger partial charge is 0.334 e. The number of nitrogens with one attached hydrogen (secondary N) is 2. The Hall–Kier alpha value is -3.52. The van der Waals surface area contributed by atoms with Crippen LogP contribution in [0.25, 0.3) is 11.2 Å². The third kappa shape index (κ3) is 5.91. The lowest BCUT2D eigenvalue weighted by molar-refractivity contribution is -0.152. The molecule has 208 valence electrons. The number of halogens is 1. The number of hydrogen-bond donors (Lipinski definition) is 5. The Morgan fingerprint density at radius 1 is 1.21 bits per heavy atom. The molecule has 39 heavy (non-hydrogen) atoms. The van der Waals surface area contributed by atoms with Crippen LogP contribution in [-0.2, 0) is 20.9 Å². The number of aliphatic hydroxyl groups is 1. The number of nitrogens with zero attached hydrogens (tertiary/aromatic N) is 4. The molecule has 2 fully saturated rings. The number of imidazole rings is 1. The number of aromatic nitrogens is 4. The summed E-state index contributed by atoms with van der Waals surface area (Å²) < 4.78 is 12.7. The fraction of sp³-hybridized carbons (Fsp3) is 0.480. The first-order chi connectivity index (χ1) is 18.8. The number of carbonyl (C=O) groups excluding carboxylic acids is 1. The molecule has 2 aromatic heterocycles. The highest BCUT2D eigenvalue weighted by atomic mass is 35.5. The maximum absolute atomic E-state index is 12.4. The Bertz CT molecular complexity index is 1350. The number of ether oxygens (including phenoxy) is 2. The predicted molar refractivity (Wildman–Crippen MR) is 140 cm³/mol. The van der Waals surface area contributed by atoms with E-state index in [1.165, 1.54) is 23.6 Å². The van der Waals surface area contributed by atoms with Gasteiger partial charge in [-0.2, -0.15) is 0 Å². The molecule has 3 heterocycles. The number of fused-ring (bicyclic) bond motifs is 1. The van der Waals surface area contributed by atoms with Gasteiger partial charge in [0.2, 0.25) is 0 Å². The van der Waals surface area contributed by atoms with Gasteiger partial charge in [0.15, 0.2) is 35.9 Å². The zero-order valence-electron chi connectivity index (χ0n) is 21.0. The molecule has 4 atom stereocenters. The third-order valence-corrected chi connectivity index (χ3v) is 7.23. The minimum atomic E-state index is -1.37. The van der Waals surface area contributed by atoms with E-state index in [4.69, 9.17) is 26.8 Å². The van der Waals surface area contributed by atoms with Crippen molar-refractivity contribution in [2.75, 3.05) is 11.9 Å². The summed E-state index contributed by atoms with van der Waals surface area (Å²) in [4.78, 5) is 36.7. The monoisotopic (exact) mass is 559 g/mol. The average molecular weight is 560 g/mol. The van der Waals surface area contributed by atoms with Crippen LogP contribution in [0.1, 0.15) is 43.9 Å². The van der Waals surface area contributed by atoms with Gasteiger partial charge in [-0.25, -0.2) is 19.7 Å². The molecule has 1 aliphatic carbocycles. The van der Waals surface area contributed by atoms with E-state index in [0.717, 1.165) is 25.7 Å². The molecule has 5 rings (SSSR count). The van der Waals surface area contributed by atoms with Crippen molar-refractivity contribution in [3.05, 3.63) is 41.4 Å². The summed E-state index contributed by atoms with van der Waals surface area (Å²) in [6.07, 6.45) is 4.39. The summed E-state index contributed by atoms with van der Waals surface area (Å²) in [6.45, 7) is 0.129. The van der Waals surface area contributed by atoms with E-state index in [2.05, 4.69) is 25.6 Å². The fourth-order valence-electron chi connectivity index (χ4n) is 4.98. The first-order valence-electron chi connectivity index (χ1n) is 12.8. The summed E-state index contributed by atoms with van der Waals surface area (Å²) in [5.41, 5.74) is 7.23. The van der Waals surface area contributed by atoms with Crippen molar-refractivity contribution in [1.29, 1.82) is 0 Å². The van der Waals surface area contributed by atoms with Crippen LogP contribution in [0.4, 0.5) is 5.82 Å². The maximum Gasteiger partial charge on any atom is 0.334 e. The van der Waals surface area contributed by atoms with Crippen molar-refractivity contribution in [2.24, 2.45) is 5.73 Å². The lowest BCUT2D eigenvalue weighted by Crippen LogP contribution is -2.43. The second-order valence-corrected chi connectivity index (χ2v) is 10.1. The number of aliphatic carboxylic acids is 1. The molecule has 1 amide bonds. The van der Waals surface area contributed by atoms with Crippen LogP contribution < -0.4 is 21.1 Å². The second-order valence-electron chi connectivity index (χ2n) is 9.70. The number of carboxylic acid groups (broad SMARTS) is 1. The van der Waals surface area contributed by atoms with Gasteiger partial charge in [-0.3, -0.25) is 9.36 Å². The predicted octanol–water partition coefficient (Wildman–Crippen LogP) is 1.59. The Morgan fingerprint density at radius 3 is 2.74 bits per heavy atom. The van der Waals surface area contributed by atoms with Crippen LogP contribution in [0.2, 0.25) is 5.02 Å². The Balaban J connectivity index is 1.28. The molecule has 6 N–H and O–H groups in total. The van der Waals surface area contributed by atoms with Gasteiger partial charge < -0.3 is 36.1 Å². The van der Waals surface area contributed by atoms with Crippen molar-refractivity contribution in [2.45, 2.75) is 69.2 Å². The van der Waals surface area contributed by atoms with Gasteiger partial charge in [-0.15, -0.1) is 0 Å². The van der Waals surface area contributed by atoms with Gasteiger partial charge in [0.25, 0.3) is 5.91 Å². The Kier molecular flexibility index (Phi) is 8.12. The minimum Gasteiger partial charge on any atom is -0.483 e. The van der Waals surface area contributed by atoms with Crippen LogP contribution in [0.15, 0.2) is 30.9 Å². The zero-order valence-corrected chi connectivity index (χ0v) is 21.8. The molecule has 1 aromatic carbocycles. The van der Waals surface area contributed by atoms with Gasteiger partial charge in [0.05, 0.1) is 12.4 Å². The summed E-state index contributed by atoms with van der Waals surface area (Å²) in [7, 11) is 0. The van der Waals surface area contributed by atoms with Crippen molar-refractivity contribution >= 4 is 40.5 Å². The standard InChI is InChI=1S/C25H30ClN7O6/c26-14-6-7-16(38-10-17(34)32-15-4-2-1-3-5-15)13(8-14)9-28-22-19-23(30-11-29-22)33(12-31-19)24-20(35)18(27)21(39-24)25(36)37/h6-8,11-12,15,18,20-21,24,35H,1-5,9-10,27H2,(H,32,34)(H,36,37)(H,28,29,30). The molecule has 3 aromatic rings. The average Bonchev–Trinajstić information content (AvgIpc) is 3.48. The molecule has 0 spiro atoms. The number of carbonyl (C=O) groups is 2. The van der Waals surface area contributed by atoms with Crippen molar-refractivity contribution < 1.29 is 29.3 Å². The normalized spacial score (nSPS) is 23.6. The molecule has 14 heteroatoms. The van der Waals surface area contributed by atoms with E-state index in [0.29, 0.717) is 33.3 Å². The highest BCUT2D eigenvalue weighted by Gasteiger charge is 2.46. The lowest BCUT2D eigenvalue weighted by Gasteiger charge is -2.23. The van der Waals surface area contributed by atoms with Gasteiger partial charge in [0.1, 0.15) is 18.2 Å². The Morgan fingerprint density at radius 2 is 2.00 bits per heavy atom. The minimum absolute atomic E-state index is 0.115. The fourth-order valence-corrected chi connectivity index (χ4v) is 5.17. The van der Waals surface area contributed by atoms with Crippen LogP contribution in [-0.4, -0.2) is 72.5 Å². The topological polar surface area (TPSA) is 187 Å². The molecule has 1 aliphatic heterocycles. The van der Waals surface area contributed by atoms with Crippen LogP contribution in [0.3, 0.4) is 0 Å². The molecular weight excluding hydrogens is 530 g/mol. The van der Waals surface area contributed by atoms with E-state index >= 15 is 0 Å². The van der Waals surface area contributed by atoms with Crippen LogP contribution in [0, 0.1) is 0 Å². The zero-order chi connectivity index (χ0) is 27.5. The van der Waals surface area contributed by atoms with E-state index in [-0.39, 0.29) is 25.1 Å². The number of nitrogens with two attached hydrogens (primary N) is 1. The first-order valence-corrected chi connectivity index (χ1v) is 13.1. The van der Waals surface area contributed by atoms with Crippen molar-refractivity contribution in [1.82, 2.24) is 24.8 Å². The lowest BCUT2D eigenvalue weighted by atomic mass is 9.95. The third-order valence-electron chi connectivity index (χ3n) is 7.00. The molecule has 0 radical (unpaired) electrons.